The van der Waals surface area contributed by atoms with Crippen molar-refractivity contribution < 1.29 is 9.53 Å². The molecule has 0 bridgehead atoms. The van der Waals surface area contributed by atoms with Gasteiger partial charge in [-0.2, -0.15) is 0 Å². The molecule has 172 valence electrons. The van der Waals surface area contributed by atoms with Crippen LogP contribution in [-0.4, -0.2) is 38.1 Å². The molecule has 1 saturated carbocycles. The SMILES string of the molecule is CN=C(NCCc1cccc(C(=O)NC)c1)NC1CC2(CCCC2)Oc2ccccc21.I. The number of hydrogen-bond acceptors (Lipinski definition) is 3. The molecule has 2 aliphatic rings. The van der Waals surface area contributed by atoms with Crippen LogP contribution in [0.5, 0.6) is 5.75 Å². The van der Waals surface area contributed by atoms with Crippen LogP contribution in [0.1, 0.15) is 59.6 Å². The normalized spacial score (nSPS) is 18.8. The Kier molecular flexibility index (Phi) is 8.39. The zero-order chi connectivity index (χ0) is 21.7. The first-order valence-electron chi connectivity index (χ1n) is 11.2. The van der Waals surface area contributed by atoms with Crippen molar-refractivity contribution in [1.29, 1.82) is 0 Å². The quantitative estimate of drug-likeness (QED) is 0.298. The number of benzene rings is 2. The van der Waals surface area contributed by atoms with Crippen LogP contribution >= 0.6 is 24.0 Å². The maximum Gasteiger partial charge on any atom is 0.251 e. The summed E-state index contributed by atoms with van der Waals surface area (Å²) >= 11 is 0. The number of hydrogen-bond donors (Lipinski definition) is 3. The highest BCUT2D eigenvalue weighted by Gasteiger charge is 2.43. The molecule has 7 heteroatoms. The standard InChI is InChI=1S/C25H32N4O2.HI/c1-26-23(30)19-9-7-8-18(16-19)12-15-28-24(27-2)29-21-17-25(13-5-6-14-25)31-22-11-4-3-10-20(21)22;/h3-4,7-11,16,21H,5-6,12-15,17H2,1-2H3,(H,26,30)(H2,27,28,29);1H. The number of nitrogens with zero attached hydrogens (tertiary/aromatic N) is 1. The minimum atomic E-state index is -0.0636. The first-order valence-corrected chi connectivity index (χ1v) is 11.2. The van der Waals surface area contributed by atoms with Gasteiger partial charge in [-0.25, -0.2) is 0 Å². The molecule has 1 fully saturated rings. The third-order valence-corrected chi connectivity index (χ3v) is 6.37. The fourth-order valence-electron chi connectivity index (χ4n) is 4.77. The van der Waals surface area contributed by atoms with Crippen LogP contribution in [0.15, 0.2) is 53.5 Å². The number of aliphatic imine (C=N–C) groups is 1. The molecular formula is C25H33IN4O2. The first kappa shape index (κ1) is 24.4. The van der Waals surface area contributed by atoms with Gasteiger partial charge in [0.2, 0.25) is 0 Å². The highest BCUT2D eigenvalue weighted by atomic mass is 127. The second-order valence-corrected chi connectivity index (χ2v) is 8.46. The number of fused-ring (bicyclic) bond motifs is 1. The van der Waals surface area contributed by atoms with Gasteiger partial charge < -0.3 is 20.7 Å². The summed E-state index contributed by atoms with van der Waals surface area (Å²) in [5, 5.41) is 9.74. The topological polar surface area (TPSA) is 74.8 Å². The average molecular weight is 548 g/mol. The number of nitrogens with one attached hydrogen (secondary N) is 3. The van der Waals surface area contributed by atoms with Gasteiger partial charge in [0.05, 0.1) is 6.04 Å². The Morgan fingerprint density at radius 2 is 1.94 bits per heavy atom. The van der Waals surface area contributed by atoms with Crippen molar-refractivity contribution in [2.75, 3.05) is 20.6 Å². The lowest BCUT2D eigenvalue weighted by Gasteiger charge is -2.40. The molecule has 0 aromatic heterocycles. The summed E-state index contributed by atoms with van der Waals surface area (Å²) in [4.78, 5) is 16.3. The van der Waals surface area contributed by atoms with Gasteiger partial charge in [-0.3, -0.25) is 9.79 Å². The van der Waals surface area contributed by atoms with E-state index in [1.165, 1.54) is 18.4 Å². The molecule has 1 amide bonds. The highest BCUT2D eigenvalue weighted by molar-refractivity contribution is 14.0. The number of ether oxygens (including phenoxy) is 1. The van der Waals surface area contributed by atoms with E-state index in [1.807, 2.05) is 30.3 Å². The third-order valence-electron chi connectivity index (χ3n) is 6.37. The number of para-hydroxylation sites is 1. The summed E-state index contributed by atoms with van der Waals surface area (Å²) in [5.74, 6) is 1.72. The molecule has 1 atom stereocenters. The van der Waals surface area contributed by atoms with E-state index in [2.05, 4.69) is 39.1 Å². The minimum Gasteiger partial charge on any atom is -0.487 e. The summed E-state index contributed by atoms with van der Waals surface area (Å²) in [7, 11) is 3.45. The molecule has 0 radical (unpaired) electrons. The Labute approximate surface area is 207 Å². The van der Waals surface area contributed by atoms with Crippen LogP contribution in [-0.2, 0) is 6.42 Å². The van der Waals surface area contributed by atoms with Gasteiger partial charge in [-0.05, 0) is 55.9 Å². The molecule has 2 aromatic rings. The predicted octanol–water partition coefficient (Wildman–Crippen LogP) is 4.21. The van der Waals surface area contributed by atoms with Gasteiger partial charge in [-0.1, -0.05) is 30.3 Å². The van der Waals surface area contributed by atoms with Crippen LogP contribution in [0.25, 0.3) is 0 Å². The van der Waals surface area contributed by atoms with E-state index in [1.54, 1.807) is 14.1 Å². The average Bonchev–Trinajstić information content (AvgIpc) is 3.25. The lowest BCUT2D eigenvalue weighted by Crippen LogP contribution is -2.47. The van der Waals surface area contributed by atoms with Crippen molar-refractivity contribution in [3.8, 4) is 5.75 Å². The van der Waals surface area contributed by atoms with Crippen molar-refractivity contribution in [3.05, 3.63) is 65.2 Å². The second-order valence-electron chi connectivity index (χ2n) is 8.46. The number of carbonyl (C=O) groups is 1. The van der Waals surface area contributed by atoms with Crippen LogP contribution in [0, 0.1) is 0 Å². The van der Waals surface area contributed by atoms with E-state index in [0.29, 0.717) is 5.56 Å². The maximum atomic E-state index is 11.9. The van der Waals surface area contributed by atoms with E-state index >= 15 is 0 Å². The molecular weight excluding hydrogens is 515 g/mol. The highest BCUT2D eigenvalue weighted by Crippen LogP contribution is 2.46. The Balaban J connectivity index is 0.00000289. The molecule has 0 saturated heterocycles. The lowest BCUT2D eigenvalue weighted by atomic mass is 9.86. The maximum absolute atomic E-state index is 11.9. The predicted molar refractivity (Wildman–Crippen MR) is 139 cm³/mol. The van der Waals surface area contributed by atoms with Crippen LogP contribution < -0.4 is 20.7 Å². The summed E-state index contributed by atoms with van der Waals surface area (Å²) in [6, 6.07) is 16.3. The molecule has 1 aliphatic heterocycles. The first-order chi connectivity index (χ1) is 15.1. The van der Waals surface area contributed by atoms with Crippen LogP contribution in [0.3, 0.4) is 0 Å². The number of halogens is 1. The molecule has 1 spiro atoms. The molecule has 1 heterocycles. The summed E-state index contributed by atoms with van der Waals surface area (Å²) in [6.07, 6.45) is 6.47. The van der Waals surface area contributed by atoms with Gasteiger partial charge in [0.1, 0.15) is 11.4 Å². The van der Waals surface area contributed by atoms with E-state index in [4.69, 9.17) is 4.74 Å². The Bertz CT molecular complexity index is 956. The zero-order valence-electron chi connectivity index (χ0n) is 18.8. The molecule has 1 aliphatic carbocycles. The van der Waals surface area contributed by atoms with Gasteiger partial charge >= 0.3 is 0 Å². The molecule has 1 unspecified atom stereocenters. The van der Waals surface area contributed by atoms with Gasteiger partial charge in [0, 0.05) is 38.2 Å². The van der Waals surface area contributed by atoms with Crippen molar-refractivity contribution >= 4 is 35.8 Å². The van der Waals surface area contributed by atoms with Crippen molar-refractivity contribution in [2.45, 2.75) is 50.2 Å². The van der Waals surface area contributed by atoms with Crippen molar-refractivity contribution in [1.82, 2.24) is 16.0 Å². The van der Waals surface area contributed by atoms with E-state index in [0.717, 1.165) is 49.5 Å². The van der Waals surface area contributed by atoms with E-state index in [-0.39, 0.29) is 41.5 Å². The van der Waals surface area contributed by atoms with Gasteiger partial charge in [-0.15, -0.1) is 24.0 Å². The van der Waals surface area contributed by atoms with Gasteiger partial charge in [0.15, 0.2) is 5.96 Å². The lowest BCUT2D eigenvalue weighted by molar-refractivity contribution is 0.0396. The summed E-state index contributed by atoms with van der Waals surface area (Å²) in [6.45, 7) is 0.729. The van der Waals surface area contributed by atoms with Crippen molar-refractivity contribution in [3.63, 3.8) is 0 Å². The number of rotatable bonds is 5. The van der Waals surface area contributed by atoms with Crippen LogP contribution in [0.4, 0.5) is 0 Å². The monoisotopic (exact) mass is 548 g/mol. The second kappa shape index (κ2) is 11.0. The number of carbonyl (C=O) groups excluding carboxylic acids is 1. The smallest absolute Gasteiger partial charge is 0.251 e. The molecule has 2 aromatic carbocycles. The van der Waals surface area contributed by atoms with Crippen molar-refractivity contribution in [2.24, 2.45) is 4.99 Å². The number of amides is 1. The van der Waals surface area contributed by atoms with Crippen LogP contribution in [0.2, 0.25) is 0 Å². The van der Waals surface area contributed by atoms with Gasteiger partial charge in [0.25, 0.3) is 5.91 Å². The molecule has 4 rings (SSSR count). The largest absolute Gasteiger partial charge is 0.487 e. The minimum absolute atomic E-state index is 0. The Morgan fingerprint density at radius 1 is 1.16 bits per heavy atom. The third kappa shape index (κ3) is 5.54. The Morgan fingerprint density at radius 3 is 2.69 bits per heavy atom. The summed E-state index contributed by atoms with van der Waals surface area (Å²) in [5.41, 5.74) is 2.94. The summed E-state index contributed by atoms with van der Waals surface area (Å²) < 4.78 is 6.47. The van der Waals surface area contributed by atoms with E-state index < -0.39 is 0 Å². The van der Waals surface area contributed by atoms with E-state index in [9.17, 15) is 4.79 Å². The molecule has 3 N–H and O–H groups in total. The fraction of sp³-hybridized carbons (Fsp3) is 0.440. The Hall–Kier alpha value is -2.29. The number of guanidine groups is 1. The fourth-order valence-corrected chi connectivity index (χ4v) is 4.77. The molecule has 32 heavy (non-hydrogen) atoms. The zero-order valence-corrected chi connectivity index (χ0v) is 21.1. The molecule has 6 nitrogen and oxygen atoms in total.